The molecular formula is C22H25FN2O3S. The number of rotatable bonds is 7. The van der Waals surface area contributed by atoms with Gasteiger partial charge in [0.15, 0.2) is 0 Å². The molecule has 7 heteroatoms. The lowest BCUT2D eigenvalue weighted by Crippen LogP contribution is -2.29. The lowest BCUT2D eigenvalue weighted by Gasteiger charge is -2.27. The van der Waals surface area contributed by atoms with Crippen LogP contribution in [-0.2, 0) is 11.2 Å². The maximum absolute atomic E-state index is 13.3. The smallest absolute Gasteiger partial charge is 0.335 e. The number of amides is 1. The fourth-order valence-electron chi connectivity index (χ4n) is 3.66. The summed E-state index contributed by atoms with van der Waals surface area (Å²) < 4.78 is 13.3. The third-order valence-corrected chi connectivity index (χ3v) is 6.33. The Morgan fingerprint density at radius 1 is 1.24 bits per heavy atom. The second-order valence-electron chi connectivity index (χ2n) is 7.43. The number of anilines is 1. The molecule has 0 aromatic heterocycles. The van der Waals surface area contributed by atoms with E-state index in [2.05, 4.69) is 4.90 Å². The van der Waals surface area contributed by atoms with Crippen molar-refractivity contribution in [3.05, 3.63) is 64.5 Å². The topological polar surface area (TPSA) is 60.9 Å². The first-order valence-corrected chi connectivity index (χ1v) is 10.5. The summed E-state index contributed by atoms with van der Waals surface area (Å²) >= 11 is 1.49. The van der Waals surface area contributed by atoms with Gasteiger partial charge in [0.05, 0.1) is 11.3 Å². The van der Waals surface area contributed by atoms with E-state index in [4.69, 9.17) is 0 Å². The minimum absolute atomic E-state index is 0.0326. The van der Waals surface area contributed by atoms with Crippen LogP contribution in [0, 0.1) is 12.7 Å². The second-order valence-corrected chi connectivity index (χ2v) is 8.49. The molecule has 29 heavy (non-hydrogen) atoms. The van der Waals surface area contributed by atoms with Crippen molar-refractivity contribution in [2.45, 2.75) is 25.1 Å². The van der Waals surface area contributed by atoms with Gasteiger partial charge in [-0.2, -0.15) is 0 Å². The standard InChI is InChI=1S/C22H25FN2O3S/c1-14-17(5-4-12-24(2)3)18(22(27)28)10-11-19(14)25-20(26)13-29-21(25)15-6-8-16(23)9-7-15/h6-11,21H,4-5,12-13H2,1-3H3,(H,27,28). The average Bonchev–Trinajstić information content (AvgIpc) is 3.04. The zero-order valence-electron chi connectivity index (χ0n) is 16.8. The summed E-state index contributed by atoms with van der Waals surface area (Å²) in [5.74, 6) is -0.982. The zero-order valence-corrected chi connectivity index (χ0v) is 17.6. The summed E-state index contributed by atoms with van der Waals surface area (Å²) in [7, 11) is 3.96. The zero-order chi connectivity index (χ0) is 21.1. The molecule has 2 aromatic rings. The van der Waals surface area contributed by atoms with Gasteiger partial charge in [-0.1, -0.05) is 12.1 Å². The Kier molecular flexibility index (Phi) is 6.59. The van der Waals surface area contributed by atoms with Gasteiger partial charge < -0.3 is 10.0 Å². The summed E-state index contributed by atoms with van der Waals surface area (Å²) in [5, 5.41) is 9.37. The number of carboxylic acids is 1. The molecule has 0 spiro atoms. The predicted molar refractivity (Wildman–Crippen MR) is 114 cm³/mol. The molecule has 0 radical (unpaired) electrons. The van der Waals surface area contributed by atoms with Crippen molar-refractivity contribution < 1.29 is 19.1 Å². The largest absolute Gasteiger partial charge is 0.478 e. The van der Waals surface area contributed by atoms with Gasteiger partial charge in [0, 0.05) is 5.69 Å². The van der Waals surface area contributed by atoms with E-state index in [9.17, 15) is 19.1 Å². The van der Waals surface area contributed by atoms with Crippen LogP contribution in [0.1, 0.15) is 38.8 Å². The highest BCUT2D eigenvalue weighted by Gasteiger charge is 2.35. The molecule has 1 fully saturated rings. The quantitative estimate of drug-likeness (QED) is 0.736. The number of benzene rings is 2. The van der Waals surface area contributed by atoms with Gasteiger partial charge in [0.2, 0.25) is 5.91 Å². The number of nitrogens with zero attached hydrogens (tertiary/aromatic N) is 2. The number of halogens is 1. The van der Waals surface area contributed by atoms with Gasteiger partial charge >= 0.3 is 5.97 Å². The molecule has 1 heterocycles. The first kappa shape index (κ1) is 21.3. The molecule has 154 valence electrons. The fraction of sp³-hybridized carbons (Fsp3) is 0.364. The Labute approximate surface area is 174 Å². The number of hydrogen-bond acceptors (Lipinski definition) is 4. The highest BCUT2D eigenvalue weighted by molar-refractivity contribution is 8.00. The monoisotopic (exact) mass is 416 g/mol. The third kappa shape index (κ3) is 4.62. The molecule has 1 unspecified atom stereocenters. The van der Waals surface area contributed by atoms with Gasteiger partial charge in [-0.15, -0.1) is 11.8 Å². The number of carbonyl (C=O) groups excluding carboxylic acids is 1. The van der Waals surface area contributed by atoms with Crippen molar-refractivity contribution in [3.63, 3.8) is 0 Å². The van der Waals surface area contributed by atoms with Crippen LogP contribution in [0.3, 0.4) is 0 Å². The number of carbonyl (C=O) groups is 2. The van der Waals surface area contributed by atoms with Crippen LogP contribution in [0.2, 0.25) is 0 Å². The maximum Gasteiger partial charge on any atom is 0.335 e. The highest BCUT2D eigenvalue weighted by atomic mass is 32.2. The lowest BCUT2D eigenvalue weighted by molar-refractivity contribution is -0.115. The van der Waals surface area contributed by atoms with E-state index in [-0.39, 0.29) is 22.7 Å². The Morgan fingerprint density at radius 3 is 2.55 bits per heavy atom. The maximum atomic E-state index is 13.3. The van der Waals surface area contributed by atoms with Crippen LogP contribution in [0.4, 0.5) is 10.1 Å². The van der Waals surface area contributed by atoms with Crippen LogP contribution in [-0.4, -0.2) is 48.3 Å². The van der Waals surface area contributed by atoms with E-state index in [1.54, 1.807) is 29.2 Å². The Balaban J connectivity index is 2.00. The summed E-state index contributed by atoms with van der Waals surface area (Å²) in [6.45, 7) is 2.73. The highest BCUT2D eigenvalue weighted by Crippen LogP contribution is 2.43. The minimum Gasteiger partial charge on any atom is -0.478 e. The Bertz CT molecular complexity index is 915. The molecule has 1 aliphatic heterocycles. The van der Waals surface area contributed by atoms with Crippen molar-refractivity contribution in [3.8, 4) is 0 Å². The number of aromatic carboxylic acids is 1. The van der Waals surface area contributed by atoms with Crippen LogP contribution in [0.15, 0.2) is 36.4 Å². The van der Waals surface area contributed by atoms with E-state index in [0.29, 0.717) is 12.2 Å². The Morgan fingerprint density at radius 2 is 1.93 bits per heavy atom. The van der Waals surface area contributed by atoms with Crippen molar-refractivity contribution >= 4 is 29.3 Å². The molecule has 3 rings (SSSR count). The Hall–Kier alpha value is -2.38. The van der Waals surface area contributed by atoms with E-state index in [1.165, 1.54) is 23.9 Å². The lowest BCUT2D eigenvalue weighted by atomic mass is 9.95. The van der Waals surface area contributed by atoms with E-state index < -0.39 is 5.97 Å². The molecule has 5 nitrogen and oxygen atoms in total. The molecule has 1 atom stereocenters. The van der Waals surface area contributed by atoms with Crippen LogP contribution in [0.25, 0.3) is 0 Å². The van der Waals surface area contributed by atoms with Crippen LogP contribution in [0.5, 0.6) is 0 Å². The molecular weight excluding hydrogens is 391 g/mol. The molecule has 1 amide bonds. The SMILES string of the molecule is Cc1c(N2C(=O)CSC2c2ccc(F)cc2)ccc(C(=O)O)c1CCCN(C)C. The average molecular weight is 417 g/mol. The van der Waals surface area contributed by atoms with Gasteiger partial charge in [0.25, 0.3) is 0 Å². The van der Waals surface area contributed by atoms with Crippen LogP contribution >= 0.6 is 11.8 Å². The normalized spacial score (nSPS) is 16.7. The van der Waals surface area contributed by atoms with Crippen molar-refractivity contribution in [2.24, 2.45) is 0 Å². The number of thioether (sulfide) groups is 1. The van der Waals surface area contributed by atoms with E-state index >= 15 is 0 Å². The summed E-state index contributed by atoms with van der Waals surface area (Å²) in [4.78, 5) is 28.3. The number of hydrogen-bond donors (Lipinski definition) is 1. The molecule has 1 aliphatic rings. The molecule has 0 aliphatic carbocycles. The summed E-state index contributed by atoms with van der Waals surface area (Å²) in [5.41, 5.74) is 3.42. The summed E-state index contributed by atoms with van der Waals surface area (Å²) in [6.07, 6.45) is 1.44. The van der Waals surface area contributed by atoms with Gasteiger partial charge in [-0.05, 0) is 81.4 Å². The second kappa shape index (κ2) is 8.97. The van der Waals surface area contributed by atoms with Crippen molar-refractivity contribution in [1.29, 1.82) is 0 Å². The van der Waals surface area contributed by atoms with E-state index in [0.717, 1.165) is 35.3 Å². The van der Waals surface area contributed by atoms with Crippen molar-refractivity contribution in [1.82, 2.24) is 4.90 Å². The molecule has 1 N–H and O–H groups in total. The third-order valence-electron chi connectivity index (χ3n) is 5.11. The molecule has 1 saturated heterocycles. The van der Waals surface area contributed by atoms with E-state index in [1.807, 2.05) is 21.0 Å². The van der Waals surface area contributed by atoms with Crippen molar-refractivity contribution in [2.75, 3.05) is 31.3 Å². The first-order valence-electron chi connectivity index (χ1n) is 9.49. The number of carboxylic acid groups (broad SMARTS) is 1. The van der Waals surface area contributed by atoms with Gasteiger partial charge in [0.1, 0.15) is 11.2 Å². The molecule has 0 saturated carbocycles. The first-order chi connectivity index (χ1) is 13.8. The minimum atomic E-state index is -0.961. The van der Waals surface area contributed by atoms with Gasteiger partial charge in [-0.25, -0.2) is 9.18 Å². The summed E-state index contributed by atoms with van der Waals surface area (Å²) in [6, 6.07) is 9.48. The fourth-order valence-corrected chi connectivity index (χ4v) is 4.83. The molecule has 2 aromatic carbocycles. The predicted octanol–water partition coefficient (Wildman–Crippen LogP) is 4.11. The van der Waals surface area contributed by atoms with Gasteiger partial charge in [-0.3, -0.25) is 9.69 Å². The van der Waals surface area contributed by atoms with Crippen LogP contribution < -0.4 is 4.90 Å². The molecule has 0 bridgehead atoms.